The highest BCUT2D eigenvalue weighted by Crippen LogP contribution is 2.26. The fourth-order valence-electron chi connectivity index (χ4n) is 3.23. The van der Waals surface area contributed by atoms with Gasteiger partial charge in [0.05, 0.1) is 17.0 Å². The maximum atomic E-state index is 12.9. The lowest BCUT2D eigenvalue weighted by Gasteiger charge is -2.14. The van der Waals surface area contributed by atoms with Crippen LogP contribution in [0.2, 0.25) is 0 Å². The summed E-state index contributed by atoms with van der Waals surface area (Å²) in [6, 6.07) is 21.8. The minimum atomic E-state index is -0.112. The third-order valence-electron chi connectivity index (χ3n) is 4.78. The Hall–Kier alpha value is -3.60. The summed E-state index contributed by atoms with van der Waals surface area (Å²) in [5, 5.41) is 5.91. The number of hydrogen-bond donors (Lipinski definition) is 0. The van der Waals surface area contributed by atoms with Crippen LogP contribution in [0.3, 0.4) is 0 Å². The summed E-state index contributed by atoms with van der Waals surface area (Å²) < 4.78 is 2.07. The van der Waals surface area contributed by atoms with Gasteiger partial charge in [-0.3, -0.25) is 4.79 Å². The molecule has 0 spiro atoms. The van der Waals surface area contributed by atoms with Gasteiger partial charge in [-0.25, -0.2) is 0 Å². The zero-order valence-corrected chi connectivity index (χ0v) is 16.2. The molecule has 2 aromatic carbocycles. The van der Waals surface area contributed by atoms with Crippen molar-refractivity contribution in [3.05, 3.63) is 84.2 Å². The Kier molecular flexibility index (Phi) is 4.57. The second kappa shape index (κ2) is 7.19. The summed E-state index contributed by atoms with van der Waals surface area (Å²) in [6.07, 6.45) is 3.90. The number of carbonyl (C=O) groups is 1. The van der Waals surface area contributed by atoms with Crippen LogP contribution in [0.25, 0.3) is 11.8 Å². The first-order chi connectivity index (χ1) is 13.5. The van der Waals surface area contributed by atoms with Crippen LogP contribution >= 0.6 is 0 Å². The van der Waals surface area contributed by atoms with Crippen molar-refractivity contribution >= 4 is 29.1 Å². The van der Waals surface area contributed by atoms with Crippen molar-refractivity contribution in [1.82, 2.24) is 4.57 Å². The van der Waals surface area contributed by atoms with E-state index in [-0.39, 0.29) is 5.91 Å². The van der Waals surface area contributed by atoms with Crippen LogP contribution in [-0.4, -0.2) is 30.3 Å². The molecule has 0 N–H and O–H groups in total. The highest BCUT2D eigenvalue weighted by Gasteiger charge is 2.28. The van der Waals surface area contributed by atoms with E-state index >= 15 is 0 Å². The molecule has 0 aliphatic carbocycles. The van der Waals surface area contributed by atoms with Crippen LogP contribution in [0.5, 0.6) is 0 Å². The first kappa shape index (κ1) is 17.8. The number of hydrazone groups is 1. The third kappa shape index (κ3) is 3.22. The highest BCUT2D eigenvalue weighted by atomic mass is 16.2. The second-order valence-electron chi connectivity index (χ2n) is 6.91. The molecule has 5 heteroatoms. The second-order valence-corrected chi connectivity index (χ2v) is 6.91. The first-order valence-electron chi connectivity index (χ1n) is 9.16. The fourth-order valence-corrected chi connectivity index (χ4v) is 3.23. The van der Waals surface area contributed by atoms with Gasteiger partial charge in [-0.2, -0.15) is 10.1 Å². The molecule has 0 saturated carbocycles. The van der Waals surface area contributed by atoms with Crippen LogP contribution in [-0.2, 0) is 4.79 Å². The number of carbonyl (C=O) groups excluding carboxylic acids is 1. The van der Waals surface area contributed by atoms with Gasteiger partial charge in [-0.1, -0.05) is 18.2 Å². The normalized spacial score (nSPS) is 15.2. The van der Waals surface area contributed by atoms with E-state index in [1.165, 1.54) is 5.01 Å². The predicted octanol–water partition coefficient (Wildman–Crippen LogP) is 4.35. The lowest BCUT2D eigenvalue weighted by Crippen LogP contribution is -2.21. The van der Waals surface area contributed by atoms with E-state index in [4.69, 9.17) is 0 Å². The lowest BCUT2D eigenvalue weighted by molar-refractivity contribution is -0.114. The Morgan fingerprint density at radius 2 is 1.61 bits per heavy atom. The quantitative estimate of drug-likeness (QED) is 0.641. The number of aromatic nitrogens is 1. The van der Waals surface area contributed by atoms with E-state index in [1.54, 1.807) is 0 Å². The lowest BCUT2D eigenvalue weighted by atomic mass is 10.1. The molecule has 5 nitrogen and oxygen atoms in total. The zero-order valence-electron chi connectivity index (χ0n) is 16.2. The van der Waals surface area contributed by atoms with Crippen molar-refractivity contribution < 1.29 is 4.79 Å². The molecule has 1 amide bonds. The molecule has 0 fully saturated rings. The number of rotatable bonds is 4. The van der Waals surface area contributed by atoms with Crippen molar-refractivity contribution in [3.63, 3.8) is 0 Å². The molecule has 0 saturated heterocycles. The number of hydrogen-bond acceptors (Lipinski definition) is 3. The molecule has 0 unspecified atom stereocenters. The highest BCUT2D eigenvalue weighted by molar-refractivity contribution is 6.32. The number of para-hydroxylation sites is 1. The van der Waals surface area contributed by atoms with E-state index in [1.807, 2.05) is 75.8 Å². The molecule has 0 radical (unpaired) electrons. The number of benzene rings is 2. The molecule has 1 aromatic heterocycles. The molecular weight excluding hydrogens is 348 g/mol. The van der Waals surface area contributed by atoms with Crippen LogP contribution in [0.15, 0.2) is 83.6 Å². The summed E-state index contributed by atoms with van der Waals surface area (Å²) in [5.74, 6) is -0.112. The smallest absolute Gasteiger partial charge is 0.280 e. The molecule has 0 atom stereocenters. The van der Waals surface area contributed by atoms with Gasteiger partial charge in [0.2, 0.25) is 0 Å². The van der Waals surface area contributed by atoms with Crippen molar-refractivity contribution in [2.24, 2.45) is 5.10 Å². The molecule has 3 aromatic rings. The minimum Gasteiger partial charge on any atom is -0.378 e. The van der Waals surface area contributed by atoms with Gasteiger partial charge < -0.3 is 9.47 Å². The largest absolute Gasteiger partial charge is 0.378 e. The summed E-state index contributed by atoms with van der Waals surface area (Å²) in [4.78, 5) is 15.0. The van der Waals surface area contributed by atoms with Gasteiger partial charge >= 0.3 is 0 Å². The first-order valence-corrected chi connectivity index (χ1v) is 9.16. The Morgan fingerprint density at radius 1 is 0.893 bits per heavy atom. The van der Waals surface area contributed by atoms with Gasteiger partial charge in [0.25, 0.3) is 5.91 Å². The molecule has 28 heavy (non-hydrogen) atoms. The monoisotopic (exact) mass is 370 g/mol. The Bertz CT molecular complexity index is 1060. The molecule has 140 valence electrons. The van der Waals surface area contributed by atoms with Gasteiger partial charge in [-0.05, 0) is 61.5 Å². The van der Waals surface area contributed by atoms with Gasteiger partial charge in [-0.15, -0.1) is 0 Å². The molecule has 0 bridgehead atoms. The van der Waals surface area contributed by atoms with Crippen molar-refractivity contribution in [1.29, 1.82) is 0 Å². The summed E-state index contributed by atoms with van der Waals surface area (Å²) in [7, 11) is 4.04. The number of nitrogens with zero attached hydrogens (tertiary/aromatic N) is 4. The summed E-state index contributed by atoms with van der Waals surface area (Å²) >= 11 is 0. The molecule has 1 aliphatic heterocycles. The van der Waals surface area contributed by atoms with E-state index in [9.17, 15) is 4.79 Å². The molecular formula is C23H22N4O. The summed E-state index contributed by atoms with van der Waals surface area (Å²) in [6.45, 7) is 1.87. The third-order valence-corrected chi connectivity index (χ3v) is 4.78. The Morgan fingerprint density at radius 3 is 2.29 bits per heavy atom. The summed E-state index contributed by atoms with van der Waals surface area (Å²) in [5.41, 5.74) is 5.21. The fraction of sp³-hybridized carbons (Fsp3) is 0.130. The zero-order chi connectivity index (χ0) is 19.7. The van der Waals surface area contributed by atoms with E-state index < -0.39 is 0 Å². The van der Waals surface area contributed by atoms with Crippen molar-refractivity contribution in [3.8, 4) is 5.69 Å². The predicted molar refractivity (Wildman–Crippen MR) is 115 cm³/mol. The van der Waals surface area contributed by atoms with E-state index in [0.717, 1.165) is 22.8 Å². The van der Waals surface area contributed by atoms with Crippen LogP contribution in [0, 0.1) is 0 Å². The number of anilines is 2. The average Bonchev–Trinajstić information content (AvgIpc) is 3.29. The van der Waals surface area contributed by atoms with Gasteiger partial charge in [0.1, 0.15) is 0 Å². The van der Waals surface area contributed by atoms with Gasteiger partial charge in [0, 0.05) is 37.4 Å². The van der Waals surface area contributed by atoms with Gasteiger partial charge in [0.15, 0.2) is 0 Å². The Labute approximate surface area is 164 Å². The molecule has 1 aliphatic rings. The van der Waals surface area contributed by atoms with Crippen LogP contribution in [0.1, 0.15) is 12.6 Å². The van der Waals surface area contributed by atoms with E-state index in [0.29, 0.717) is 11.3 Å². The maximum absolute atomic E-state index is 12.9. The minimum absolute atomic E-state index is 0.112. The number of amides is 1. The SMILES string of the molecule is CC1=NN(c2ccccc2)C(=O)/C1=C/c1cccn1-c1ccc(N(C)C)cc1. The maximum Gasteiger partial charge on any atom is 0.280 e. The Balaban J connectivity index is 1.67. The van der Waals surface area contributed by atoms with Crippen LogP contribution in [0.4, 0.5) is 11.4 Å². The molecule has 2 heterocycles. The average molecular weight is 370 g/mol. The van der Waals surface area contributed by atoms with E-state index in [2.05, 4.69) is 38.8 Å². The topological polar surface area (TPSA) is 40.8 Å². The van der Waals surface area contributed by atoms with Crippen LogP contribution < -0.4 is 9.91 Å². The molecule has 4 rings (SSSR count). The standard InChI is InChI=1S/C23H22N4O/c1-17-22(23(28)27(24-17)20-8-5-4-6-9-20)16-21-10-7-15-26(21)19-13-11-18(12-14-19)25(2)3/h4-16H,1-3H3/b22-16+. The van der Waals surface area contributed by atoms with Crippen molar-refractivity contribution in [2.75, 3.05) is 24.0 Å². The van der Waals surface area contributed by atoms with Crippen molar-refractivity contribution in [2.45, 2.75) is 6.92 Å².